The Hall–Kier alpha value is -2.47. The Morgan fingerprint density at radius 2 is 2.07 bits per heavy atom. The molecule has 0 amide bonds. The first-order valence-corrected chi connectivity index (χ1v) is 9.50. The number of allylic oxidation sites excluding steroid dienone is 2. The average Bonchev–Trinajstić information content (AvgIpc) is 3.18. The zero-order chi connectivity index (χ0) is 19.5. The van der Waals surface area contributed by atoms with Crippen molar-refractivity contribution in [3.63, 3.8) is 0 Å². The predicted octanol–water partition coefficient (Wildman–Crippen LogP) is 3.64. The van der Waals surface area contributed by atoms with Gasteiger partial charge in [0, 0.05) is 37.3 Å². The van der Waals surface area contributed by atoms with Crippen molar-refractivity contribution in [1.29, 1.82) is 0 Å². The van der Waals surface area contributed by atoms with E-state index < -0.39 is 0 Å². The fourth-order valence-corrected chi connectivity index (χ4v) is 2.92. The van der Waals surface area contributed by atoms with Gasteiger partial charge in [-0.25, -0.2) is 4.99 Å². The lowest BCUT2D eigenvalue weighted by Gasteiger charge is -2.16. The number of aliphatic imine (C=N–C) groups is 1. The summed E-state index contributed by atoms with van der Waals surface area (Å²) in [4.78, 5) is 6.65. The van der Waals surface area contributed by atoms with Crippen molar-refractivity contribution in [3.8, 4) is 11.5 Å². The van der Waals surface area contributed by atoms with E-state index in [1.165, 1.54) is 25.9 Å². The average molecular weight is 373 g/mol. The second kappa shape index (κ2) is 11.3. The van der Waals surface area contributed by atoms with Gasteiger partial charge in [0.25, 0.3) is 0 Å². The number of nitrogens with one attached hydrogen (secondary N) is 2. The van der Waals surface area contributed by atoms with Crippen LogP contribution in [0.3, 0.4) is 0 Å². The minimum Gasteiger partial charge on any atom is -0.493 e. The molecule has 1 saturated heterocycles. The molecule has 1 heterocycles. The second-order valence-electron chi connectivity index (χ2n) is 6.57. The molecule has 2 N–H and O–H groups in total. The fourth-order valence-electron chi connectivity index (χ4n) is 2.92. The lowest BCUT2D eigenvalue weighted by atomic mass is 10.2. The van der Waals surface area contributed by atoms with Gasteiger partial charge in [-0.05, 0) is 57.5 Å². The molecule has 0 radical (unpaired) electrons. The number of rotatable bonds is 11. The highest BCUT2D eigenvalue weighted by Gasteiger charge is 2.11. The van der Waals surface area contributed by atoms with Crippen molar-refractivity contribution in [3.05, 3.63) is 42.4 Å². The third-order valence-electron chi connectivity index (χ3n) is 4.42. The third-order valence-corrected chi connectivity index (χ3v) is 4.42. The minimum atomic E-state index is 0.619. The molecule has 0 aromatic heterocycles. The molecular weight excluding hydrogens is 340 g/mol. The summed E-state index contributed by atoms with van der Waals surface area (Å²) >= 11 is 0. The normalized spacial score (nSPS) is 15.1. The zero-order valence-electron chi connectivity index (χ0n) is 16.8. The predicted molar refractivity (Wildman–Crippen MR) is 113 cm³/mol. The molecule has 0 bridgehead atoms. The monoisotopic (exact) mass is 372 g/mol. The molecule has 27 heavy (non-hydrogen) atoms. The Balaban J connectivity index is 1.89. The van der Waals surface area contributed by atoms with Crippen molar-refractivity contribution in [2.45, 2.75) is 26.2 Å². The first-order valence-electron chi connectivity index (χ1n) is 9.50. The van der Waals surface area contributed by atoms with Crippen LogP contribution in [-0.4, -0.2) is 51.5 Å². The largest absolute Gasteiger partial charge is 0.493 e. The Bertz CT molecular complexity index is 664. The molecule has 0 atom stereocenters. The Kier molecular flexibility index (Phi) is 8.71. The number of likely N-dealkylation sites (tertiary alicyclic amines) is 1. The number of hydrogen-bond donors (Lipinski definition) is 2. The molecule has 1 aliphatic heterocycles. The maximum atomic E-state index is 5.98. The van der Waals surface area contributed by atoms with Crippen molar-refractivity contribution < 1.29 is 9.47 Å². The van der Waals surface area contributed by atoms with Gasteiger partial charge in [0.05, 0.1) is 13.7 Å². The summed E-state index contributed by atoms with van der Waals surface area (Å²) < 4.78 is 11.4. The summed E-state index contributed by atoms with van der Waals surface area (Å²) in [5, 5.41) is 6.21. The maximum Gasteiger partial charge on any atom is 0.163 e. The maximum absolute atomic E-state index is 5.98. The van der Waals surface area contributed by atoms with Gasteiger partial charge in [-0.15, -0.1) is 0 Å². The second-order valence-corrected chi connectivity index (χ2v) is 6.57. The highest BCUT2D eigenvalue weighted by molar-refractivity contribution is 5.74. The first kappa shape index (κ1) is 20.8. The van der Waals surface area contributed by atoms with Crippen LogP contribution >= 0.6 is 0 Å². The van der Waals surface area contributed by atoms with Crippen LogP contribution in [0.2, 0.25) is 0 Å². The van der Waals surface area contributed by atoms with E-state index in [9.17, 15) is 0 Å². The van der Waals surface area contributed by atoms with E-state index in [0.29, 0.717) is 12.4 Å². The summed E-state index contributed by atoms with van der Waals surface area (Å²) in [5.74, 6) is 2.12. The Morgan fingerprint density at radius 3 is 2.78 bits per heavy atom. The molecule has 1 aromatic carbocycles. The van der Waals surface area contributed by atoms with E-state index >= 15 is 0 Å². The van der Waals surface area contributed by atoms with Gasteiger partial charge >= 0.3 is 0 Å². The number of benzene rings is 1. The first-order chi connectivity index (χ1) is 13.1. The number of anilines is 1. The molecular formula is C21H32N4O2. The summed E-state index contributed by atoms with van der Waals surface area (Å²) in [6, 6.07) is 5.86. The van der Waals surface area contributed by atoms with Gasteiger partial charge in [0.2, 0.25) is 0 Å². The molecule has 6 nitrogen and oxygen atoms in total. The number of hydrogen-bond acceptors (Lipinski definition) is 6. The van der Waals surface area contributed by atoms with Gasteiger partial charge in [-0.1, -0.05) is 6.58 Å². The fraction of sp³-hybridized carbons (Fsp3) is 0.476. The quantitative estimate of drug-likeness (QED) is 0.459. The third kappa shape index (κ3) is 7.35. The molecule has 0 spiro atoms. The lowest BCUT2D eigenvalue weighted by molar-refractivity contribution is 0.254. The highest BCUT2D eigenvalue weighted by atomic mass is 16.5. The summed E-state index contributed by atoms with van der Waals surface area (Å²) in [6.45, 7) is 9.96. The van der Waals surface area contributed by atoms with Crippen LogP contribution in [0, 0.1) is 0 Å². The molecule has 2 rings (SSSR count). The van der Waals surface area contributed by atoms with Crippen LogP contribution in [0.1, 0.15) is 26.2 Å². The summed E-state index contributed by atoms with van der Waals surface area (Å²) in [5.41, 5.74) is 1.91. The van der Waals surface area contributed by atoms with Crippen molar-refractivity contribution >= 4 is 11.9 Å². The van der Waals surface area contributed by atoms with Gasteiger partial charge in [-0.2, -0.15) is 0 Å². The van der Waals surface area contributed by atoms with Crippen molar-refractivity contribution in [2.24, 2.45) is 4.99 Å². The number of ether oxygens (including phenoxy) is 2. The van der Waals surface area contributed by atoms with Gasteiger partial charge in [-0.3, -0.25) is 0 Å². The van der Waals surface area contributed by atoms with E-state index in [1.54, 1.807) is 20.4 Å². The van der Waals surface area contributed by atoms with Crippen LogP contribution in [0.25, 0.3) is 0 Å². The van der Waals surface area contributed by atoms with E-state index in [2.05, 4.69) is 27.1 Å². The minimum absolute atomic E-state index is 0.619. The number of nitrogens with zero attached hydrogens (tertiary/aromatic N) is 2. The van der Waals surface area contributed by atoms with Crippen molar-refractivity contribution in [2.75, 3.05) is 45.7 Å². The topological polar surface area (TPSA) is 58.1 Å². The molecule has 0 saturated carbocycles. The van der Waals surface area contributed by atoms with Gasteiger partial charge in [0.15, 0.2) is 11.5 Å². The van der Waals surface area contributed by atoms with E-state index in [-0.39, 0.29) is 0 Å². The highest BCUT2D eigenvalue weighted by Crippen LogP contribution is 2.30. The Labute approximate surface area is 163 Å². The molecule has 148 valence electrons. The molecule has 1 fully saturated rings. The van der Waals surface area contributed by atoms with E-state index in [4.69, 9.17) is 9.47 Å². The van der Waals surface area contributed by atoms with E-state index in [1.807, 2.05) is 31.2 Å². The summed E-state index contributed by atoms with van der Waals surface area (Å²) in [6.07, 6.45) is 7.27. The van der Waals surface area contributed by atoms with Crippen LogP contribution in [-0.2, 0) is 0 Å². The number of methoxy groups -OCH3 is 1. The smallest absolute Gasteiger partial charge is 0.163 e. The van der Waals surface area contributed by atoms with Gasteiger partial charge < -0.3 is 25.0 Å². The Morgan fingerprint density at radius 1 is 1.30 bits per heavy atom. The molecule has 1 aliphatic rings. The molecule has 0 unspecified atom stereocenters. The zero-order valence-corrected chi connectivity index (χ0v) is 16.8. The molecule has 0 aliphatic carbocycles. The standard InChI is InChI=1S/C21H32N4O2/c1-17(10-11-23-18(2)22-3)24-19-8-9-20(26-4)21(16-19)27-15-7-14-25-12-5-6-13-25/h8-11,16,22,24H,2,5-7,12-15H2,1,3-4H3/b17-10+,23-11-. The SMILES string of the molecule is C=C(/N=C\C=C(/C)Nc1ccc(OC)c(OCCCN2CCCC2)c1)NC. The van der Waals surface area contributed by atoms with Crippen LogP contribution in [0.4, 0.5) is 5.69 Å². The van der Waals surface area contributed by atoms with Crippen LogP contribution in [0.5, 0.6) is 11.5 Å². The molecule has 6 heteroatoms. The van der Waals surface area contributed by atoms with Crippen LogP contribution < -0.4 is 20.1 Å². The van der Waals surface area contributed by atoms with Crippen molar-refractivity contribution in [1.82, 2.24) is 10.2 Å². The van der Waals surface area contributed by atoms with Gasteiger partial charge in [0.1, 0.15) is 5.82 Å². The molecule has 1 aromatic rings. The van der Waals surface area contributed by atoms with Crippen LogP contribution in [0.15, 0.2) is 47.4 Å². The lowest BCUT2D eigenvalue weighted by Crippen LogP contribution is -2.21. The van der Waals surface area contributed by atoms with E-state index in [0.717, 1.165) is 35.8 Å². The summed E-state index contributed by atoms with van der Waals surface area (Å²) in [7, 11) is 3.45.